The van der Waals surface area contributed by atoms with E-state index in [1.807, 2.05) is 6.92 Å². The molecule has 1 saturated heterocycles. The zero-order valence-corrected chi connectivity index (χ0v) is 16.0. The Morgan fingerprint density at radius 3 is 2.44 bits per heavy atom. The molecule has 0 spiro atoms. The molecule has 1 heterocycles. The number of hydrogen-bond donors (Lipinski definition) is 0. The Hall–Kier alpha value is -2.93. The molecule has 7 heteroatoms. The molecule has 2 aromatic carbocycles. The van der Waals surface area contributed by atoms with Gasteiger partial charge in [-0.05, 0) is 43.0 Å². The molecule has 0 N–H and O–H groups in total. The Labute approximate surface area is 161 Å². The molecule has 1 aliphatic rings. The fourth-order valence-electron chi connectivity index (χ4n) is 2.76. The Morgan fingerprint density at radius 1 is 1.00 bits per heavy atom. The second-order valence-electron chi connectivity index (χ2n) is 5.50. The van der Waals surface area contributed by atoms with Crippen molar-refractivity contribution in [2.75, 3.05) is 25.7 Å². The van der Waals surface area contributed by atoms with Crippen molar-refractivity contribution >= 4 is 34.7 Å². The summed E-state index contributed by atoms with van der Waals surface area (Å²) < 4.78 is 16.2. The van der Waals surface area contributed by atoms with Crippen LogP contribution in [0.15, 0.2) is 47.4 Å². The molecule has 3 rings (SSSR count). The second kappa shape index (κ2) is 8.18. The smallest absolute Gasteiger partial charge is 0.298 e. The number of rotatable bonds is 6. The van der Waals surface area contributed by atoms with Crippen LogP contribution in [0, 0.1) is 0 Å². The number of methoxy groups -OCH3 is 2. The highest BCUT2D eigenvalue weighted by Crippen LogP contribution is 2.41. The van der Waals surface area contributed by atoms with E-state index in [1.54, 1.807) is 55.7 Å². The summed E-state index contributed by atoms with van der Waals surface area (Å²) in [4.78, 5) is 26.9. The summed E-state index contributed by atoms with van der Waals surface area (Å²) in [6.45, 7) is 2.28. The quantitative estimate of drug-likeness (QED) is 0.689. The summed E-state index contributed by atoms with van der Waals surface area (Å²) in [5.74, 6) is 1.14. The predicted octanol–water partition coefficient (Wildman–Crippen LogP) is 4.34. The average Bonchev–Trinajstić information content (AvgIpc) is 2.95. The standard InChI is InChI=1S/C20H19NO5S/c1-4-26-15-10-6-5-9-14(15)21-19(22)17(27-20(21)23)12-13-8-7-11-16(24-2)18(13)25-3/h5-12H,4H2,1-3H3/b17-12-. The number of carbonyl (C=O) groups excluding carboxylic acids is 2. The second-order valence-corrected chi connectivity index (χ2v) is 6.49. The van der Waals surface area contributed by atoms with Crippen molar-refractivity contribution in [3.63, 3.8) is 0 Å². The maximum atomic E-state index is 12.9. The van der Waals surface area contributed by atoms with Crippen LogP contribution in [0.5, 0.6) is 17.2 Å². The third-order valence-electron chi connectivity index (χ3n) is 3.92. The van der Waals surface area contributed by atoms with E-state index in [4.69, 9.17) is 14.2 Å². The number of nitrogens with zero attached hydrogens (tertiary/aromatic N) is 1. The van der Waals surface area contributed by atoms with Gasteiger partial charge in [0.15, 0.2) is 11.5 Å². The molecule has 1 fully saturated rings. The van der Waals surface area contributed by atoms with Gasteiger partial charge >= 0.3 is 0 Å². The molecule has 0 atom stereocenters. The molecule has 0 radical (unpaired) electrons. The van der Waals surface area contributed by atoms with Crippen LogP contribution < -0.4 is 19.1 Å². The van der Waals surface area contributed by atoms with Crippen molar-refractivity contribution in [3.05, 3.63) is 52.9 Å². The van der Waals surface area contributed by atoms with E-state index < -0.39 is 5.91 Å². The molecule has 0 aliphatic carbocycles. The number of benzene rings is 2. The first-order valence-electron chi connectivity index (χ1n) is 8.31. The summed E-state index contributed by atoms with van der Waals surface area (Å²) in [7, 11) is 3.07. The van der Waals surface area contributed by atoms with Crippen molar-refractivity contribution in [2.45, 2.75) is 6.92 Å². The van der Waals surface area contributed by atoms with Crippen molar-refractivity contribution in [2.24, 2.45) is 0 Å². The first-order valence-corrected chi connectivity index (χ1v) is 9.13. The van der Waals surface area contributed by atoms with E-state index >= 15 is 0 Å². The first-order chi connectivity index (χ1) is 13.1. The van der Waals surface area contributed by atoms with Gasteiger partial charge in [0, 0.05) is 5.56 Å². The van der Waals surface area contributed by atoms with Gasteiger partial charge in [-0.15, -0.1) is 0 Å². The molecule has 0 saturated carbocycles. The Balaban J connectivity index is 1.99. The molecule has 27 heavy (non-hydrogen) atoms. The minimum atomic E-state index is -0.401. The minimum Gasteiger partial charge on any atom is -0.493 e. The van der Waals surface area contributed by atoms with E-state index in [1.165, 1.54) is 7.11 Å². The lowest BCUT2D eigenvalue weighted by Gasteiger charge is -2.16. The van der Waals surface area contributed by atoms with Crippen molar-refractivity contribution in [1.29, 1.82) is 0 Å². The number of carbonyl (C=O) groups is 2. The van der Waals surface area contributed by atoms with Crippen LogP contribution in [0.1, 0.15) is 12.5 Å². The van der Waals surface area contributed by atoms with Gasteiger partial charge in [-0.3, -0.25) is 9.59 Å². The van der Waals surface area contributed by atoms with Crippen LogP contribution in [0.25, 0.3) is 6.08 Å². The van der Waals surface area contributed by atoms with Crippen LogP contribution in [-0.4, -0.2) is 32.0 Å². The fraction of sp³-hybridized carbons (Fsp3) is 0.200. The maximum absolute atomic E-state index is 12.9. The number of hydrogen-bond acceptors (Lipinski definition) is 6. The van der Waals surface area contributed by atoms with Crippen molar-refractivity contribution in [3.8, 4) is 17.2 Å². The molecular weight excluding hydrogens is 366 g/mol. The highest BCUT2D eigenvalue weighted by atomic mass is 32.2. The highest BCUT2D eigenvalue weighted by molar-refractivity contribution is 8.19. The van der Waals surface area contributed by atoms with Gasteiger partial charge in [0.1, 0.15) is 5.75 Å². The monoisotopic (exact) mass is 385 g/mol. The predicted molar refractivity (Wildman–Crippen MR) is 106 cm³/mol. The summed E-state index contributed by atoms with van der Waals surface area (Å²) in [6, 6.07) is 12.3. The topological polar surface area (TPSA) is 65.1 Å². The van der Waals surface area contributed by atoms with Crippen LogP contribution in [0.2, 0.25) is 0 Å². The molecule has 0 unspecified atom stereocenters. The van der Waals surface area contributed by atoms with Crippen LogP contribution >= 0.6 is 11.8 Å². The van der Waals surface area contributed by atoms with Crippen LogP contribution in [0.3, 0.4) is 0 Å². The number of thioether (sulfide) groups is 1. The van der Waals surface area contributed by atoms with Gasteiger partial charge in [0.25, 0.3) is 11.1 Å². The summed E-state index contributed by atoms with van der Waals surface area (Å²) in [5, 5.41) is -0.375. The number of ether oxygens (including phenoxy) is 3. The Bertz CT molecular complexity index is 909. The zero-order chi connectivity index (χ0) is 19.4. The van der Waals surface area contributed by atoms with Crippen molar-refractivity contribution < 1.29 is 23.8 Å². The van der Waals surface area contributed by atoms with Crippen LogP contribution in [0.4, 0.5) is 10.5 Å². The number of para-hydroxylation sites is 3. The summed E-state index contributed by atoms with van der Waals surface area (Å²) >= 11 is 0.878. The minimum absolute atomic E-state index is 0.304. The lowest BCUT2D eigenvalue weighted by molar-refractivity contribution is -0.113. The number of anilines is 1. The van der Waals surface area contributed by atoms with E-state index in [9.17, 15) is 9.59 Å². The molecule has 2 amide bonds. The van der Waals surface area contributed by atoms with Gasteiger partial charge in [-0.1, -0.05) is 24.3 Å². The molecule has 140 valence electrons. The van der Waals surface area contributed by atoms with Gasteiger partial charge in [-0.2, -0.15) is 0 Å². The number of imide groups is 1. The van der Waals surface area contributed by atoms with E-state index in [2.05, 4.69) is 0 Å². The maximum Gasteiger partial charge on any atom is 0.298 e. The summed E-state index contributed by atoms with van der Waals surface area (Å²) in [5.41, 5.74) is 1.09. The Morgan fingerprint density at radius 2 is 1.74 bits per heavy atom. The Kier molecular flexibility index (Phi) is 5.71. The molecule has 2 aromatic rings. The normalized spacial score (nSPS) is 15.4. The largest absolute Gasteiger partial charge is 0.493 e. The third kappa shape index (κ3) is 3.64. The third-order valence-corrected chi connectivity index (χ3v) is 4.79. The SMILES string of the molecule is CCOc1ccccc1N1C(=O)S/C(=C\c2cccc(OC)c2OC)C1=O. The van der Waals surface area contributed by atoms with Gasteiger partial charge in [0.2, 0.25) is 0 Å². The zero-order valence-electron chi connectivity index (χ0n) is 15.2. The first kappa shape index (κ1) is 18.8. The highest BCUT2D eigenvalue weighted by Gasteiger charge is 2.38. The van der Waals surface area contributed by atoms with Crippen molar-refractivity contribution in [1.82, 2.24) is 0 Å². The average molecular weight is 385 g/mol. The molecule has 6 nitrogen and oxygen atoms in total. The summed E-state index contributed by atoms with van der Waals surface area (Å²) in [6.07, 6.45) is 1.63. The fourth-order valence-corrected chi connectivity index (χ4v) is 3.59. The lowest BCUT2D eigenvalue weighted by atomic mass is 10.1. The molecular formula is C20H19NO5S. The van der Waals surface area contributed by atoms with Crippen LogP contribution in [-0.2, 0) is 4.79 Å². The van der Waals surface area contributed by atoms with Gasteiger partial charge in [0.05, 0.1) is 31.4 Å². The number of amides is 2. The molecule has 0 aromatic heterocycles. The van der Waals surface area contributed by atoms with E-state index in [0.29, 0.717) is 40.0 Å². The van der Waals surface area contributed by atoms with Gasteiger partial charge < -0.3 is 14.2 Å². The molecule has 1 aliphatic heterocycles. The van der Waals surface area contributed by atoms with E-state index in [0.717, 1.165) is 16.7 Å². The lowest BCUT2D eigenvalue weighted by Crippen LogP contribution is -2.28. The van der Waals surface area contributed by atoms with E-state index in [-0.39, 0.29) is 5.24 Å². The molecule has 0 bridgehead atoms. The van der Waals surface area contributed by atoms with Gasteiger partial charge in [-0.25, -0.2) is 4.90 Å².